The molecule has 29 heavy (non-hydrogen) atoms. The number of benzene rings is 1. The summed E-state index contributed by atoms with van der Waals surface area (Å²) in [7, 11) is 0. The minimum Gasteiger partial charge on any atom is -0.462 e. The van der Waals surface area contributed by atoms with E-state index in [-0.39, 0.29) is 36.1 Å². The van der Waals surface area contributed by atoms with Gasteiger partial charge in [-0.25, -0.2) is 9.38 Å². The van der Waals surface area contributed by atoms with Gasteiger partial charge in [-0.05, 0) is 56.0 Å². The van der Waals surface area contributed by atoms with E-state index in [0.29, 0.717) is 21.8 Å². The molecule has 0 saturated heterocycles. The second-order valence-corrected chi connectivity index (χ2v) is 8.36. The number of Topliss-reactive ketones (excluding diaryl/α,β-unsaturated/α-hetero) is 1. The highest BCUT2D eigenvalue weighted by molar-refractivity contribution is 6.30. The van der Waals surface area contributed by atoms with Crippen LogP contribution in [-0.2, 0) is 16.7 Å². The monoisotopic (exact) mass is 415 g/mol. The third-order valence-electron chi connectivity index (χ3n) is 5.99. The lowest BCUT2D eigenvalue weighted by molar-refractivity contribution is 0.0146. The van der Waals surface area contributed by atoms with Gasteiger partial charge in [0.05, 0.1) is 10.6 Å². The summed E-state index contributed by atoms with van der Waals surface area (Å²) in [4.78, 5) is 21.2. The molecule has 152 valence electrons. The van der Waals surface area contributed by atoms with Gasteiger partial charge in [-0.15, -0.1) is 0 Å². The number of halogens is 2. The van der Waals surface area contributed by atoms with Gasteiger partial charge in [0.25, 0.3) is 6.02 Å². The predicted molar refractivity (Wildman–Crippen MR) is 109 cm³/mol. The Morgan fingerprint density at radius 1 is 1.31 bits per heavy atom. The standard InChI is InChI=1S/C22H23ClFN3O2/c1-22(15-4-2-3-5-20(15)29-21(25)27-22)16-10-13(6-8-17(16)24)11-19(28)18-9-7-14(23)12-26-18/h6-10,12,15,20H,2-5,11H2,1H3,(H2,25,27)/t15?,20?,22-/m0/s1. The molecule has 0 bridgehead atoms. The highest BCUT2D eigenvalue weighted by atomic mass is 35.5. The predicted octanol–water partition coefficient (Wildman–Crippen LogP) is 4.42. The number of nitrogens with two attached hydrogens (primary N) is 1. The second-order valence-electron chi connectivity index (χ2n) is 7.92. The van der Waals surface area contributed by atoms with Gasteiger partial charge in [0, 0.05) is 24.1 Å². The quantitative estimate of drug-likeness (QED) is 0.750. The second kappa shape index (κ2) is 7.75. The van der Waals surface area contributed by atoms with Crippen LogP contribution in [0.3, 0.4) is 0 Å². The number of aromatic nitrogens is 1. The molecule has 0 spiro atoms. The van der Waals surface area contributed by atoms with Gasteiger partial charge in [-0.1, -0.05) is 24.1 Å². The van der Waals surface area contributed by atoms with Gasteiger partial charge in [0.1, 0.15) is 17.6 Å². The van der Waals surface area contributed by atoms with Crippen LogP contribution in [0.15, 0.2) is 41.5 Å². The largest absolute Gasteiger partial charge is 0.462 e. The summed E-state index contributed by atoms with van der Waals surface area (Å²) >= 11 is 5.84. The highest BCUT2D eigenvalue weighted by Gasteiger charge is 2.47. The molecule has 0 radical (unpaired) electrons. The molecule has 1 aliphatic carbocycles. The molecule has 4 rings (SSSR count). The van der Waals surface area contributed by atoms with Crippen molar-refractivity contribution in [1.82, 2.24) is 4.98 Å². The normalized spacial score (nSPS) is 26.2. The fourth-order valence-electron chi connectivity index (χ4n) is 4.52. The number of carbonyl (C=O) groups is 1. The molecule has 1 saturated carbocycles. The average molecular weight is 416 g/mol. The lowest BCUT2D eigenvalue weighted by Gasteiger charge is -2.45. The minimum absolute atomic E-state index is 0.0435. The van der Waals surface area contributed by atoms with Crippen LogP contribution >= 0.6 is 11.6 Å². The summed E-state index contributed by atoms with van der Waals surface area (Å²) < 4.78 is 20.7. The summed E-state index contributed by atoms with van der Waals surface area (Å²) in [5.74, 6) is -0.465. The van der Waals surface area contributed by atoms with Crippen molar-refractivity contribution in [1.29, 1.82) is 0 Å². The van der Waals surface area contributed by atoms with Crippen LogP contribution in [0.5, 0.6) is 0 Å². The van der Waals surface area contributed by atoms with Crippen molar-refractivity contribution in [3.63, 3.8) is 0 Å². The number of ketones is 1. The maximum atomic E-state index is 14.9. The van der Waals surface area contributed by atoms with Crippen molar-refractivity contribution in [3.8, 4) is 0 Å². The number of aliphatic imine (C=N–C) groups is 1. The van der Waals surface area contributed by atoms with E-state index in [2.05, 4.69) is 9.98 Å². The number of fused-ring (bicyclic) bond motifs is 1. The first-order chi connectivity index (χ1) is 13.9. The topological polar surface area (TPSA) is 77.6 Å². The third-order valence-corrected chi connectivity index (χ3v) is 6.22. The lowest BCUT2D eigenvalue weighted by Crippen LogP contribution is -2.49. The van der Waals surface area contributed by atoms with Crippen molar-refractivity contribution in [2.75, 3.05) is 0 Å². The Hall–Kier alpha value is -2.47. The number of hydrogen-bond acceptors (Lipinski definition) is 5. The fraction of sp³-hybridized carbons (Fsp3) is 0.409. The van der Waals surface area contributed by atoms with Crippen LogP contribution in [0, 0.1) is 11.7 Å². The number of ether oxygens (including phenoxy) is 1. The highest BCUT2D eigenvalue weighted by Crippen LogP contribution is 2.46. The summed E-state index contributed by atoms with van der Waals surface area (Å²) in [5, 5.41) is 0.468. The zero-order valence-corrected chi connectivity index (χ0v) is 17.0. The van der Waals surface area contributed by atoms with E-state index in [0.717, 1.165) is 25.7 Å². The molecule has 2 unspecified atom stereocenters. The van der Waals surface area contributed by atoms with Gasteiger partial charge >= 0.3 is 0 Å². The number of nitrogens with zero attached hydrogens (tertiary/aromatic N) is 2. The molecule has 2 N–H and O–H groups in total. The number of rotatable bonds is 4. The van der Waals surface area contributed by atoms with Crippen molar-refractivity contribution in [2.45, 2.75) is 50.7 Å². The molecule has 2 aliphatic rings. The molecule has 1 aliphatic heterocycles. The van der Waals surface area contributed by atoms with E-state index in [9.17, 15) is 9.18 Å². The van der Waals surface area contributed by atoms with E-state index < -0.39 is 5.54 Å². The number of amidine groups is 1. The fourth-order valence-corrected chi connectivity index (χ4v) is 4.63. The third kappa shape index (κ3) is 3.86. The Balaban J connectivity index is 1.66. The maximum absolute atomic E-state index is 14.9. The van der Waals surface area contributed by atoms with Gasteiger partial charge < -0.3 is 10.5 Å². The maximum Gasteiger partial charge on any atom is 0.283 e. The summed E-state index contributed by atoms with van der Waals surface area (Å²) in [6.07, 6.45) is 5.39. The first-order valence-corrected chi connectivity index (χ1v) is 10.2. The Bertz CT molecular complexity index is 963. The molecule has 5 nitrogen and oxygen atoms in total. The molecule has 2 heterocycles. The summed E-state index contributed by atoms with van der Waals surface area (Å²) in [6.45, 7) is 1.91. The Labute approximate surface area is 174 Å². The Morgan fingerprint density at radius 2 is 2.10 bits per heavy atom. The Kier molecular flexibility index (Phi) is 5.30. The lowest BCUT2D eigenvalue weighted by atomic mass is 9.70. The van der Waals surface area contributed by atoms with E-state index in [1.165, 1.54) is 12.3 Å². The van der Waals surface area contributed by atoms with Crippen molar-refractivity contribution in [2.24, 2.45) is 16.6 Å². The number of carbonyl (C=O) groups excluding carboxylic acids is 1. The first kappa shape index (κ1) is 19.8. The number of hydrogen-bond donors (Lipinski definition) is 1. The zero-order valence-electron chi connectivity index (χ0n) is 16.2. The molecule has 1 aromatic carbocycles. The Morgan fingerprint density at radius 3 is 2.86 bits per heavy atom. The van der Waals surface area contributed by atoms with E-state index in [4.69, 9.17) is 22.1 Å². The van der Waals surface area contributed by atoms with E-state index in [1.54, 1.807) is 24.3 Å². The summed E-state index contributed by atoms with van der Waals surface area (Å²) in [6, 6.07) is 8.07. The molecular weight excluding hydrogens is 393 g/mol. The first-order valence-electron chi connectivity index (χ1n) is 9.82. The molecule has 7 heteroatoms. The van der Waals surface area contributed by atoms with Crippen LogP contribution in [-0.4, -0.2) is 22.9 Å². The van der Waals surface area contributed by atoms with Crippen LogP contribution in [0.2, 0.25) is 5.02 Å². The average Bonchev–Trinajstić information content (AvgIpc) is 2.69. The number of pyridine rings is 1. The van der Waals surface area contributed by atoms with Crippen LogP contribution in [0.1, 0.15) is 54.2 Å². The van der Waals surface area contributed by atoms with E-state index >= 15 is 0 Å². The SMILES string of the molecule is C[C@]1(c2cc(CC(=O)c3ccc(Cl)cn3)ccc2F)N=C(N)OC2CCCCC21. The molecule has 1 fully saturated rings. The smallest absolute Gasteiger partial charge is 0.283 e. The van der Waals surface area contributed by atoms with E-state index in [1.807, 2.05) is 6.92 Å². The summed E-state index contributed by atoms with van der Waals surface area (Å²) in [5.41, 5.74) is 6.60. The minimum atomic E-state index is -0.824. The van der Waals surface area contributed by atoms with Gasteiger partial charge in [0.2, 0.25) is 0 Å². The van der Waals surface area contributed by atoms with Crippen LogP contribution < -0.4 is 5.73 Å². The van der Waals surface area contributed by atoms with Gasteiger partial charge in [-0.3, -0.25) is 9.78 Å². The van der Waals surface area contributed by atoms with Crippen molar-refractivity contribution >= 4 is 23.4 Å². The zero-order chi connectivity index (χ0) is 20.6. The van der Waals surface area contributed by atoms with Crippen molar-refractivity contribution in [3.05, 3.63) is 64.2 Å². The van der Waals surface area contributed by atoms with Crippen LogP contribution in [0.25, 0.3) is 0 Å². The molecule has 1 aromatic heterocycles. The van der Waals surface area contributed by atoms with Gasteiger partial charge in [-0.2, -0.15) is 0 Å². The molecule has 3 atom stereocenters. The molecular formula is C22H23ClFN3O2. The van der Waals surface area contributed by atoms with Crippen molar-refractivity contribution < 1.29 is 13.9 Å². The van der Waals surface area contributed by atoms with Crippen LogP contribution in [0.4, 0.5) is 4.39 Å². The molecule has 2 aromatic rings. The molecule has 0 amide bonds. The van der Waals surface area contributed by atoms with Gasteiger partial charge in [0.15, 0.2) is 5.78 Å².